The number of rotatable bonds is 5. The van der Waals surface area contributed by atoms with Gasteiger partial charge in [0.2, 0.25) is 6.41 Å². The summed E-state index contributed by atoms with van der Waals surface area (Å²) in [6.45, 7) is 4.81. The maximum atomic E-state index is 9.83. The van der Waals surface area contributed by atoms with Crippen molar-refractivity contribution in [1.82, 2.24) is 5.32 Å². The Morgan fingerprint density at radius 3 is 2.60 bits per heavy atom. The van der Waals surface area contributed by atoms with E-state index in [2.05, 4.69) is 19.2 Å². The first-order valence-corrected chi connectivity index (χ1v) is 3.59. The molecular formula is C7H16N2O. The fraction of sp³-hybridized carbons (Fsp3) is 0.857. The van der Waals surface area contributed by atoms with Gasteiger partial charge in [-0.2, -0.15) is 0 Å². The van der Waals surface area contributed by atoms with Gasteiger partial charge in [0.15, 0.2) is 0 Å². The second-order valence-electron chi connectivity index (χ2n) is 2.92. The monoisotopic (exact) mass is 144 g/mol. The van der Waals surface area contributed by atoms with Gasteiger partial charge in [-0.3, -0.25) is 4.79 Å². The van der Waals surface area contributed by atoms with E-state index < -0.39 is 0 Å². The summed E-state index contributed by atoms with van der Waals surface area (Å²) in [5.41, 5.74) is 5.64. The molecule has 1 unspecified atom stereocenters. The summed E-state index contributed by atoms with van der Waals surface area (Å²) in [4.78, 5) is 9.83. The molecule has 10 heavy (non-hydrogen) atoms. The Morgan fingerprint density at radius 1 is 1.60 bits per heavy atom. The van der Waals surface area contributed by atoms with Crippen molar-refractivity contribution >= 4 is 6.41 Å². The van der Waals surface area contributed by atoms with Gasteiger partial charge in [0.25, 0.3) is 0 Å². The lowest BCUT2D eigenvalue weighted by atomic mass is 10.1. The van der Waals surface area contributed by atoms with Crippen molar-refractivity contribution in [3.8, 4) is 0 Å². The van der Waals surface area contributed by atoms with Gasteiger partial charge in [-0.1, -0.05) is 13.8 Å². The first kappa shape index (κ1) is 9.43. The van der Waals surface area contributed by atoms with Gasteiger partial charge in [-0.25, -0.2) is 0 Å². The minimum atomic E-state index is 0.102. The number of carbonyl (C=O) groups is 1. The van der Waals surface area contributed by atoms with Crippen molar-refractivity contribution in [2.75, 3.05) is 6.54 Å². The second kappa shape index (κ2) is 5.23. The first-order chi connectivity index (χ1) is 4.66. The molecule has 0 aromatic carbocycles. The van der Waals surface area contributed by atoms with Gasteiger partial charge in [-0.05, 0) is 12.3 Å². The zero-order valence-corrected chi connectivity index (χ0v) is 6.63. The normalized spacial score (nSPS) is 13.2. The van der Waals surface area contributed by atoms with E-state index in [0.717, 1.165) is 6.42 Å². The average molecular weight is 144 g/mol. The highest BCUT2D eigenvalue weighted by Gasteiger charge is 2.03. The standard InChI is InChI=1S/C7H16N2O/c1-6(2)3-7(8)4-9-5-10/h5-7H,3-4,8H2,1-2H3,(H,9,10). The zero-order chi connectivity index (χ0) is 7.98. The molecule has 0 aliphatic heterocycles. The van der Waals surface area contributed by atoms with Crippen molar-refractivity contribution < 1.29 is 4.79 Å². The van der Waals surface area contributed by atoms with E-state index in [1.165, 1.54) is 0 Å². The Bertz CT molecular complexity index is 93.6. The van der Waals surface area contributed by atoms with Crippen molar-refractivity contribution in [3.63, 3.8) is 0 Å². The number of amides is 1. The molecule has 0 aromatic rings. The number of nitrogens with one attached hydrogen (secondary N) is 1. The van der Waals surface area contributed by atoms with Crippen LogP contribution in [0.1, 0.15) is 20.3 Å². The molecule has 0 bridgehead atoms. The molecule has 0 rings (SSSR count). The largest absolute Gasteiger partial charge is 0.357 e. The van der Waals surface area contributed by atoms with Crippen LogP contribution in [0.25, 0.3) is 0 Å². The molecule has 0 saturated heterocycles. The highest BCUT2D eigenvalue weighted by atomic mass is 16.1. The third kappa shape index (κ3) is 5.56. The maximum Gasteiger partial charge on any atom is 0.207 e. The minimum absolute atomic E-state index is 0.102. The summed E-state index contributed by atoms with van der Waals surface area (Å²) in [6.07, 6.45) is 1.64. The van der Waals surface area contributed by atoms with Gasteiger partial charge < -0.3 is 11.1 Å². The molecule has 0 radical (unpaired) electrons. The molecule has 0 fully saturated rings. The van der Waals surface area contributed by atoms with Crippen LogP contribution in [0.3, 0.4) is 0 Å². The van der Waals surface area contributed by atoms with Crippen LogP contribution < -0.4 is 11.1 Å². The summed E-state index contributed by atoms with van der Waals surface area (Å²) in [5, 5.41) is 2.55. The Morgan fingerprint density at radius 2 is 2.20 bits per heavy atom. The van der Waals surface area contributed by atoms with E-state index >= 15 is 0 Å². The number of hydrogen-bond donors (Lipinski definition) is 2. The molecule has 60 valence electrons. The quantitative estimate of drug-likeness (QED) is 0.538. The third-order valence-corrected chi connectivity index (χ3v) is 1.24. The Labute approximate surface area is 62.0 Å². The molecule has 0 heterocycles. The van der Waals surface area contributed by atoms with Crippen LogP contribution in [-0.4, -0.2) is 19.0 Å². The van der Waals surface area contributed by atoms with Crippen molar-refractivity contribution in [1.29, 1.82) is 0 Å². The number of nitrogens with two attached hydrogens (primary N) is 1. The summed E-state index contributed by atoms with van der Waals surface area (Å²) < 4.78 is 0. The van der Waals surface area contributed by atoms with Crippen molar-refractivity contribution in [3.05, 3.63) is 0 Å². The highest BCUT2D eigenvalue weighted by Crippen LogP contribution is 2.00. The molecule has 1 atom stereocenters. The van der Waals surface area contributed by atoms with Gasteiger partial charge in [0, 0.05) is 12.6 Å². The predicted molar refractivity (Wildman–Crippen MR) is 41.5 cm³/mol. The highest BCUT2D eigenvalue weighted by molar-refractivity contribution is 5.45. The molecule has 3 nitrogen and oxygen atoms in total. The van der Waals surface area contributed by atoms with Gasteiger partial charge in [-0.15, -0.1) is 0 Å². The average Bonchev–Trinajstić information content (AvgIpc) is 1.82. The molecular weight excluding hydrogens is 128 g/mol. The lowest BCUT2D eigenvalue weighted by Gasteiger charge is -2.12. The van der Waals surface area contributed by atoms with E-state index in [1.54, 1.807) is 0 Å². The van der Waals surface area contributed by atoms with Crippen LogP contribution in [0.15, 0.2) is 0 Å². The lowest BCUT2D eigenvalue weighted by Crippen LogP contribution is -2.34. The van der Waals surface area contributed by atoms with Crippen molar-refractivity contribution in [2.24, 2.45) is 11.7 Å². The Hall–Kier alpha value is -0.570. The fourth-order valence-electron chi connectivity index (χ4n) is 0.888. The zero-order valence-electron chi connectivity index (χ0n) is 6.63. The summed E-state index contributed by atoms with van der Waals surface area (Å²) in [5.74, 6) is 0.600. The van der Waals surface area contributed by atoms with Crippen molar-refractivity contribution in [2.45, 2.75) is 26.3 Å². The van der Waals surface area contributed by atoms with E-state index in [-0.39, 0.29) is 6.04 Å². The summed E-state index contributed by atoms with van der Waals surface area (Å²) in [7, 11) is 0. The van der Waals surface area contributed by atoms with Gasteiger partial charge in [0.1, 0.15) is 0 Å². The molecule has 1 amide bonds. The summed E-state index contributed by atoms with van der Waals surface area (Å²) >= 11 is 0. The molecule has 0 saturated carbocycles. The number of carbonyl (C=O) groups excluding carboxylic acids is 1. The first-order valence-electron chi connectivity index (χ1n) is 3.59. The van der Waals surface area contributed by atoms with Crippen LogP contribution in [0.4, 0.5) is 0 Å². The molecule has 0 aliphatic carbocycles. The van der Waals surface area contributed by atoms with Gasteiger partial charge >= 0.3 is 0 Å². The minimum Gasteiger partial charge on any atom is -0.357 e. The van der Waals surface area contributed by atoms with Crippen LogP contribution >= 0.6 is 0 Å². The third-order valence-electron chi connectivity index (χ3n) is 1.24. The van der Waals surface area contributed by atoms with E-state index in [9.17, 15) is 4.79 Å². The van der Waals surface area contributed by atoms with Gasteiger partial charge in [0.05, 0.1) is 0 Å². The Balaban J connectivity index is 3.24. The van der Waals surface area contributed by atoms with Crippen LogP contribution in [0.2, 0.25) is 0 Å². The van der Waals surface area contributed by atoms with Crippen LogP contribution in [0.5, 0.6) is 0 Å². The predicted octanol–water partition coefficient (Wildman–Crippen LogP) is 0.106. The van der Waals surface area contributed by atoms with E-state index in [4.69, 9.17) is 5.73 Å². The maximum absolute atomic E-state index is 9.83. The molecule has 0 aromatic heterocycles. The second-order valence-corrected chi connectivity index (χ2v) is 2.92. The molecule has 3 heteroatoms. The lowest BCUT2D eigenvalue weighted by molar-refractivity contribution is -0.109. The van der Waals surface area contributed by atoms with E-state index in [0.29, 0.717) is 18.9 Å². The summed E-state index contributed by atoms with van der Waals surface area (Å²) in [6, 6.07) is 0.102. The van der Waals surface area contributed by atoms with E-state index in [1.807, 2.05) is 0 Å². The SMILES string of the molecule is CC(C)CC(N)CNC=O. The van der Waals surface area contributed by atoms with Crippen LogP contribution in [0, 0.1) is 5.92 Å². The molecule has 0 aliphatic rings. The molecule has 3 N–H and O–H groups in total. The topological polar surface area (TPSA) is 55.1 Å². The molecule has 0 spiro atoms. The smallest absolute Gasteiger partial charge is 0.207 e. The number of hydrogen-bond acceptors (Lipinski definition) is 2. The van der Waals surface area contributed by atoms with Crippen LogP contribution in [-0.2, 0) is 4.79 Å². The fourth-order valence-corrected chi connectivity index (χ4v) is 0.888. The Kier molecular flexibility index (Phi) is 4.94.